The molecule has 4 nitrogen and oxygen atoms in total. The summed E-state index contributed by atoms with van der Waals surface area (Å²) in [7, 11) is 0. The molecule has 18 heavy (non-hydrogen) atoms. The molecule has 0 aromatic heterocycles. The van der Waals surface area contributed by atoms with E-state index in [0.29, 0.717) is 12.8 Å². The molecule has 2 aliphatic carbocycles. The smallest absolute Gasteiger partial charge is 0.329 e. The Labute approximate surface area is 108 Å². The van der Waals surface area contributed by atoms with Crippen LogP contribution in [-0.2, 0) is 9.59 Å². The maximum atomic E-state index is 12.5. The van der Waals surface area contributed by atoms with Gasteiger partial charge in [0, 0.05) is 5.41 Å². The average Bonchev–Trinajstić information content (AvgIpc) is 2.98. The average molecular weight is 253 g/mol. The number of amides is 1. The zero-order valence-electron chi connectivity index (χ0n) is 11.1. The van der Waals surface area contributed by atoms with Gasteiger partial charge >= 0.3 is 5.97 Å². The first kappa shape index (κ1) is 13.4. The third-order valence-electron chi connectivity index (χ3n) is 4.94. The van der Waals surface area contributed by atoms with Crippen LogP contribution in [0.25, 0.3) is 0 Å². The lowest BCUT2D eigenvalue weighted by Gasteiger charge is -2.33. The molecule has 0 unspecified atom stereocenters. The highest BCUT2D eigenvalue weighted by molar-refractivity contribution is 5.90. The number of carboxylic acid groups (broad SMARTS) is 1. The van der Waals surface area contributed by atoms with E-state index in [1.165, 1.54) is 0 Å². The summed E-state index contributed by atoms with van der Waals surface area (Å²) in [5, 5.41) is 12.3. The van der Waals surface area contributed by atoms with Crippen molar-refractivity contribution in [2.24, 2.45) is 5.41 Å². The normalized spacial score (nSPS) is 24.9. The fourth-order valence-corrected chi connectivity index (χ4v) is 3.51. The molecule has 2 fully saturated rings. The van der Waals surface area contributed by atoms with Crippen molar-refractivity contribution < 1.29 is 14.7 Å². The molecular formula is C14H23NO3. The molecule has 2 rings (SSSR count). The second kappa shape index (κ2) is 4.90. The van der Waals surface area contributed by atoms with E-state index in [1.54, 1.807) is 0 Å². The minimum Gasteiger partial charge on any atom is -0.480 e. The second-order valence-electron chi connectivity index (χ2n) is 5.89. The van der Waals surface area contributed by atoms with Gasteiger partial charge in [-0.15, -0.1) is 0 Å². The van der Waals surface area contributed by atoms with Gasteiger partial charge in [-0.25, -0.2) is 4.79 Å². The Balaban J connectivity index is 2.12. The molecular weight excluding hydrogens is 230 g/mol. The Hall–Kier alpha value is -1.06. The summed E-state index contributed by atoms with van der Waals surface area (Å²) in [5.74, 6) is -0.885. The molecule has 4 heteroatoms. The van der Waals surface area contributed by atoms with Gasteiger partial charge in [-0.05, 0) is 32.1 Å². The monoisotopic (exact) mass is 253 g/mol. The molecule has 0 bridgehead atoms. The van der Waals surface area contributed by atoms with Crippen LogP contribution in [-0.4, -0.2) is 22.5 Å². The van der Waals surface area contributed by atoms with Crippen LogP contribution < -0.4 is 5.32 Å². The van der Waals surface area contributed by atoms with Gasteiger partial charge in [-0.1, -0.05) is 32.6 Å². The molecule has 1 amide bonds. The molecule has 102 valence electrons. The lowest BCUT2D eigenvalue weighted by molar-refractivity contribution is -0.149. The van der Waals surface area contributed by atoms with Crippen molar-refractivity contribution in [1.29, 1.82) is 0 Å². The molecule has 2 aliphatic rings. The number of carbonyl (C=O) groups is 2. The van der Waals surface area contributed by atoms with E-state index in [2.05, 4.69) is 5.32 Å². The molecule has 0 radical (unpaired) electrons. The highest BCUT2D eigenvalue weighted by Gasteiger charge is 2.47. The third kappa shape index (κ3) is 2.13. The summed E-state index contributed by atoms with van der Waals surface area (Å²) in [5.41, 5.74) is -1.28. The first-order chi connectivity index (χ1) is 8.55. The summed E-state index contributed by atoms with van der Waals surface area (Å²) in [6, 6.07) is 0. The lowest BCUT2D eigenvalue weighted by atomic mass is 9.81. The van der Waals surface area contributed by atoms with Gasteiger partial charge in [-0.3, -0.25) is 4.79 Å². The molecule has 2 N–H and O–H groups in total. The Morgan fingerprint density at radius 3 is 2.00 bits per heavy atom. The van der Waals surface area contributed by atoms with Crippen LogP contribution in [0.2, 0.25) is 0 Å². The molecule has 0 aromatic carbocycles. The van der Waals surface area contributed by atoms with E-state index >= 15 is 0 Å². The Kier molecular flexibility index (Phi) is 3.64. The molecule has 0 heterocycles. The van der Waals surface area contributed by atoms with Crippen molar-refractivity contribution in [2.75, 3.05) is 0 Å². The molecule has 0 aliphatic heterocycles. The second-order valence-corrected chi connectivity index (χ2v) is 5.89. The molecule has 0 aromatic rings. The topological polar surface area (TPSA) is 66.4 Å². The zero-order valence-corrected chi connectivity index (χ0v) is 11.1. The van der Waals surface area contributed by atoms with Gasteiger partial charge in [-0.2, -0.15) is 0 Å². The number of nitrogens with one attached hydrogen (secondary N) is 1. The number of rotatable bonds is 4. The summed E-state index contributed by atoms with van der Waals surface area (Å²) >= 11 is 0. The van der Waals surface area contributed by atoms with Crippen molar-refractivity contribution in [1.82, 2.24) is 5.32 Å². The molecule has 2 saturated carbocycles. The summed E-state index contributed by atoms with van der Waals surface area (Å²) < 4.78 is 0. The first-order valence-electron chi connectivity index (χ1n) is 7.11. The standard InChI is InChI=1S/C14H23NO3/c1-2-13(7-3-4-8-13)11(16)15-14(12(17)18)9-5-6-10-14/h2-10H2,1H3,(H,15,16)(H,17,18). The maximum Gasteiger partial charge on any atom is 0.329 e. The summed E-state index contributed by atoms with van der Waals surface area (Å²) in [6.07, 6.45) is 7.74. The van der Waals surface area contributed by atoms with Crippen LogP contribution in [0.15, 0.2) is 0 Å². The number of hydrogen-bond donors (Lipinski definition) is 2. The SMILES string of the molecule is CCC1(C(=O)NC2(C(=O)O)CCCC2)CCCC1. The molecule has 0 spiro atoms. The Morgan fingerprint density at radius 2 is 1.56 bits per heavy atom. The van der Waals surface area contributed by atoms with Crippen molar-refractivity contribution in [3.05, 3.63) is 0 Å². The first-order valence-corrected chi connectivity index (χ1v) is 7.11. The number of aliphatic carboxylic acids is 1. The Morgan fingerprint density at radius 1 is 1.06 bits per heavy atom. The van der Waals surface area contributed by atoms with Crippen LogP contribution in [0, 0.1) is 5.41 Å². The van der Waals surface area contributed by atoms with E-state index in [1.807, 2.05) is 6.92 Å². The predicted molar refractivity (Wildman–Crippen MR) is 68.2 cm³/mol. The quantitative estimate of drug-likeness (QED) is 0.808. The number of carboxylic acids is 1. The summed E-state index contributed by atoms with van der Waals surface area (Å²) in [4.78, 5) is 23.9. The fraction of sp³-hybridized carbons (Fsp3) is 0.857. The van der Waals surface area contributed by atoms with Crippen LogP contribution >= 0.6 is 0 Å². The van der Waals surface area contributed by atoms with Crippen molar-refractivity contribution in [3.63, 3.8) is 0 Å². The highest BCUT2D eigenvalue weighted by atomic mass is 16.4. The minimum atomic E-state index is -0.984. The third-order valence-corrected chi connectivity index (χ3v) is 4.94. The van der Waals surface area contributed by atoms with Gasteiger partial charge in [0.25, 0.3) is 0 Å². The predicted octanol–water partition coefficient (Wildman–Crippen LogP) is 2.47. The van der Waals surface area contributed by atoms with Gasteiger partial charge < -0.3 is 10.4 Å². The van der Waals surface area contributed by atoms with Gasteiger partial charge in [0.2, 0.25) is 5.91 Å². The van der Waals surface area contributed by atoms with E-state index in [-0.39, 0.29) is 11.3 Å². The highest BCUT2D eigenvalue weighted by Crippen LogP contribution is 2.42. The van der Waals surface area contributed by atoms with E-state index in [0.717, 1.165) is 44.9 Å². The van der Waals surface area contributed by atoms with Crippen molar-refractivity contribution in [2.45, 2.75) is 70.3 Å². The largest absolute Gasteiger partial charge is 0.480 e. The molecule has 0 saturated heterocycles. The van der Waals surface area contributed by atoms with Gasteiger partial charge in [0.05, 0.1) is 0 Å². The van der Waals surface area contributed by atoms with E-state index in [9.17, 15) is 14.7 Å². The van der Waals surface area contributed by atoms with Gasteiger partial charge in [0.15, 0.2) is 0 Å². The number of hydrogen-bond acceptors (Lipinski definition) is 2. The van der Waals surface area contributed by atoms with Crippen molar-refractivity contribution in [3.8, 4) is 0 Å². The van der Waals surface area contributed by atoms with Crippen LogP contribution in [0.4, 0.5) is 0 Å². The van der Waals surface area contributed by atoms with Crippen LogP contribution in [0.5, 0.6) is 0 Å². The van der Waals surface area contributed by atoms with Crippen LogP contribution in [0.1, 0.15) is 64.7 Å². The Bertz CT molecular complexity index is 339. The fourth-order valence-electron chi connectivity index (χ4n) is 3.51. The van der Waals surface area contributed by atoms with E-state index in [4.69, 9.17) is 0 Å². The van der Waals surface area contributed by atoms with Crippen molar-refractivity contribution >= 4 is 11.9 Å². The van der Waals surface area contributed by atoms with Crippen LogP contribution in [0.3, 0.4) is 0 Å². The zero-order chi connectivity index (χ0) is 13.2. The number of carbonyl (C=O) groups excluding carboxylic acids is 1. The van der Waals surface area contributed by atoms with E-state index < -0.39 is 11.5 Å². The summed E-state index contributed by atoms with van der Waals surface area (Å²) in [6.45, 7) is 2.03. The van der Waals surface area contributed by atoms with Gasteiger partial charge in [0.1, 0.15) is 5.54 Å². The maximum absolute atomic E-state index is 12.5. The molecule has 0 atom stereocenters. The lowest BCUT2D eigenvalue weighted by Crippen LogP contribution is -2.56. The minimum absolute atomic E-state index is 0.0215.